The maximum atomic E-state index is 5.27. The molecule has 5 N–H and O–H groups in total. The molecule has 5 nitrogen and oxygen atoms in total. The van der Waals surface area contributed by atoms with Gasteiger partial charge in [-0.05, 0) is 6.42 Å². The van der Waals surface area contributed by atoms with Crippen LogP contribution in [0.15, 0.2) is 4.99 Å². The number of hydrogen-bond donors (Lipinski definition) is 3. The third-order valence-electron chi connectivity index (χ3n) is 1.31. The van der Waals surface area contributed by atoms with E-state index in [-0.39, 0.29) is 5.96 Å². The lowest BCUT2D eigenvalue weighted by Crippen LogP contribution is -2.37. The topological polar surface area (TPSA) is 85.7 Å². The van der Waals surface area contributed by atoms with Crippen molar-refractivity contribution in [3.63, 3.8) is 0 Å². The molecule has 0 aliphatic carbocycles. The van der Waals surface area contributed by atoms with E-state index in [4.69, 9.17) is 16.3 Å². The van der Waals surface area contributed by atoms with Crippen LogP contribution in [0, 0.1) is 0 Å². The summed E-state index contributed by atoms with van der Waals surface area (Å²) in [5.74, 6) is 5.23. The predicted molar refractivity (Wildman–Crippen MR) is 49.5 cm³/mol. The Morgan fingerprint density at radius 1 is 1.50 bits per heavy atom. The standard InChI is InChI=1S/C7H18N4O/c1-2-3-5-12-6-4-10-7(8)11-9/h2-6,9H2,1H3,(H3,8,10,11). The number of hydrogen-bond acceptors (Lipinski definition) is 3. The minimum Gasteiger partial charge on any atom is -0.380 e. The quantitative estimate of drug-likeness (QED) is 0.168. The van der Waals surface area contributed by atoms with Gasteiger partial charge in [0.15, 0.2) is 0 Å². The van der Waals surface area contributed by atoms with Gasteiger partial charge in [-0.3, -0.25) is 5.43 Å². The fourth-order valence-corrected chi connectivity index (χ4v) is 0.625. The second-order valence-corrected chi connectivity index (χ2v) is 2.38. The number of ether oxygens (including phenoxy) is 1. The Labute approximate surface area is 73.1 Å². The zero-order chi connectivity index (χ0) is 9.23. The van der Waals surface area contributed by atoms with Gasteiger partial charge in [-0.15, -0.1) is 0 Å². The first-order chi connectivity index (χ1) is 5.81. The molecule has 0 unspecified atom stereocenters. The minimum atomic E-state index is 0.245. The van der Waals surface area contributed by atoms with Crippen molar-refractivity contribution in [2.75, 3.05) is 19.8 Å². The molecular weight excluding hydrogens is 156 g/mol. The lowest BCUT2D eigenvalue weighted by atomic mass is 10.4. The highest BCUT2D eigenvalue weighted by atomic mass is 16.5. The SMILES string of the molecule is CCCCOCCN=C(N)NN. The fraction of sp³-hybridized carbons (Fsp3) is 0.857. The van der Waals surface area contributed by atoms with Gasteiger partial charge in [-0.2, -0.15) is 0 Å². The smallest absolute Gasteiger partial charge is 0.203 e. The zero-order valence-electron chi connectivity index (χ0n) is 7.55. The van der Waals surface area contributed by atoms with Crippen LogP contribution >= 0.6 is 0 Å². The third kappa shape index (κ3) is 7.30. The summed E-state index contributed by atoms with van der Waals surface area (Å²) in [6.45, 7) is 4.07. The number of nitrogens with zero attached hydrogens (tertiary/aromatic N) is 1. The second-order valence-electron chi connectivity index (χ2n) is 2.38. The molecular formula is C7H18N4O. The highest BCUT2D eigenvalue weighted by molar-refractivity contribution is 5.77. The Hall–Kier alpha value is -0.810. The highest BCUT2D eigenvalue weighted by Gasteiger charge is 1.87. The molecule has 0 fully saturated rings. The van der Waals surface area contributed by atoms with Crippen molar-refractivity contribution in [2.45, 2.75) is 19.8 Å². The van der Waals surface area contributed by atoms with Gasteiger partial charge in [0.1, 0.15) is 0 Å². The van der Waals surface area contributed by atoms with Crippen molar-refractivity contribution < 1.29 is 4.74 Å². The van der Waals surface area contributed by atoms with Gasteiger partial charge < -0.3 is 10.5 Å². The summed E-state index contributed by atoms with van der Waals surface area (Å²) in [6, 6.07) is 0. The van der Waals surface area contributed by atoms with Crippen LogP contribution < -0.4 is 17.0 Å². The van der Waals surface area contributed by atoms with Crippen LogP contribution in [-0.4, -0.2) is 25.7 Å². The summed E-state index contributed by atoms with van der Waals surface area (Å²) >= 11 is 0. The molecule has 0 bridgehead atoms. The maximum Gasteiger partial charge on any atom is 0.203 e. The van der Waals surface area contributed by atoms with Gasteiger partial charge in [0.25, 0.3) is 0 Å². The van der Waals surface area contributed by atoms with E-state index in [1.165, 1.54) is 0 Å². The molecule has 0 heterocycles. The molecule has 0 aromatic rings. The molecule has 0 saturated carbocycles. The molecule has 5 heteroatoms. The van der Waals surface area contributed by atoms with Crippen LogP contribution in [-0.2, 0) is 4.74 Å². The van der Waals surface area contributed by atoms with Gasteiger partial charge in [-0.25, -0.2) is 10.8 Å². The first-order valence-electron chi connectivity index (χ1n) is 4.15. The number of nitrogens with one attached hydrogen (secondary N) is 1. The lowest BCUT2D eigenvalue weighted by Gasteiger charge is -2.01. The summed E-state index contributed by atoms with van der Waals surface area (Å²) in [6.07, 6.45) is 2.24. The summed E-state index contributed by atoms with van der Waals surface area (Å²) < 4.78 is 5.24. The van der Waals surface area contributed by atoms with Gasteiger partial charge in [0, 0.05) is 6.61 Å². The van der Waals surface area contributed by atoms with Crippen molar-refractivity contribution in [2.24, 2.45) is 16.6 Å². The van der Waals surface area contributed by atoms with Gasteiger partial charge >= 0.3 is 0 Å². The van der Waals surface area contributed by atoms with Crippen molar-refractivity contribution >= 4 is 5.96 Å². The fourth-order valence-electron chi connectivity index (χ4n) is 0.625. The van der Waals surface area contributed by atoms with Crippen molar-refractivity contribution in [3.8, 4) is 0 Å². The zero-order valence-corrected chi connectivity index (χ0v) is 7.55. The molecule has 0 spiro atoms. The number of aliphatic imine (C=N–C) groups is 1. The molecule has 72 valence electrons. The number of nitrogens with two attached hydrogens (primary N) is 2. The second kappa shape index (κ2) is 8.29. The molecule has 0 atom stereocenters. The summed E-state index contributed by atoms with van der Waals surface area (Å²) in [4.78, 5) is 3.87. The number of rotatable bonds is 6. The van der Waals surface area contributed by atoms with E-state index in [1.54, 1.807) is 0 Å². The summed E-state index contributed by atoms with van der Waals surface area (Å²) in [5, 5.41) is 0. The van der Waals surface area contributed by atoms with E-state index in [9.17, 15) is 0 Å². The van der Waals surface area contributed by atoms with E-state index in [0.29, 0.717) is 13.2 Å². The molecule has 0 aromatic heterocycles. The van der Waals surface area contributed by atoms with Crippen molar-refractivity contribution in [1.29, 1.82) is 0 Å². The van der Waals surface area contributed by atoms with Crippen LogP contribution in [0.1, 0.15) is 19.8 Å². The highest BCUT2D eigenvalue weighted by Crippen LogP contribution is 1.87. The maximum absolute atomic E-state index is 5.27. The Kier molecular flexibility index (Phi) is 7.73. The van der Waals surface area contributed by atoms with Gasteiger partial charge in [0.2, 0.25) is 5.96 Å². The molecule has 0 amide bonds. The van der Waals surface area contributed by atoms with E-state index >= 15 is 0 Å². The Balaban J connectivity index is 3.10. The van der Waals surface area contributed by atoms with E-state index in [1.807, 2.05) is 0 Å². The number of guanidine groups is 1. The Morgan fingerprint density at radius 3 is 2.83 bits per heavy atom. The minimum absolute atomic E-state index is 0.245. The largest absolute Gasteiger partial charge is 0.380 e. The molecule has 0 aromatic carbocycles. The molecule has 12 heavy (non-hydrogen) atoms. The van der Waals surface area contributed by atoms with Crippen LogP contribution in [0.2, 0.25) is 0 Å². The van der Waals surface area contributed by atoms with Gasteiger partial charge in [0.05, 0.1) is 13.2 Å². The Morgan fingerprint density at radius 2 is 2.25 bits per heavy atom. The van der Waals surface area contributed by atoms with Crippen LogP contribution in [0.4, 0.5) is 0 Å². The van der Waals surface area contributed by atoms with E-state index in [0.717, 1.165) is 19.4 Å². The first kappa shape index (κ1) is 11.2. The van der Waals surface area contributed by atoms with Crippen LogP contribution in [0.3, 0.4) is 0 Å². The molecule has 0 saturated heterocycles. The molecule has 0 radical (unpaired) electrons. The number of hydrazine groups is 1. The van der Waals surface area contributed by atoms with Gasteiger partial charge in [-0.1, -0.05) is 13.3 Å². The lowest BCUT2D eigenvalue weighted by molar-refractivity contribution is 0.139. The first-order valence-corrected chi connectivity index (χ1v) is 4.15. The summed E-state index contributed by atoms with van der Waals surface area (Å²) in [7, 11) is 0. The average Bonchev–Trinajstić information content (AvgIpc) is 2.10. The monoisotopic (exact) mass is 174 g/mol. The number of unbranched alkanes of at least 4 members (excludes halogenated alkanes) is 1. The van der Waals surface area contributed by atoms with Crippen molar-refractivity contribution in [1.82, 2.24) is 5.43 Å². The van der Waals surface area contributed by atoms with E-state index in [2.05, 4.69) is 17.3 Å². The van der Waals surface area contributed by atoms with Crippen molar-refractivity contribution in [3.05, 3.63) is 0 Å². The third-order valence-corrected chi connectivity index (χ3v) is 1.31. The molecule has 0 rings (SSSR count). The Bertz CT molecular complexity index is 127. The van der Waals surface area contributed by atoms with E-state index < -0.39 is 0 Å². The average molecular weight is 174 g/mol. The normalized spacial score (nSPS) is 11.7. The molecule has 0 aliphatic heterocycles. The summed E-state index contributed by atoms with van der Waals surface area (Å²) in [5.41, 5.74) is 7.51. The van der Waals surface area contributed by atoms with Crippen LogP contribution in [0.5, 0.6) is 0 Å². The molecule has 0 aliphatic rings. The predicted octanol–water partition coefficient (Wildman–Crippen LogP) is -0.419. The van der Waals surface area contributed by atoms with Crippen LogP contribution in [0.25, 0.3) is 0 Å².